The smallest absolute Gasteiger partial charge is 0.304 e. The maximum atomic E-state index is 10.2. The summed E-state index contributed by atoms with van der Waals surface area (Å²) in [5.41, 5.74) is 0. The molecule has 0 spiro atoms. The Balaban J connectivity index is 3.16. The first kappa shape index (κ1) is 13.4. The SMILES string of the molecule is CCC(CCCNCCC(=O)O)NC. The monoisotopic (exact) mass is 202 g/mol. The topological polar surface area (TPSA) is 61.4 Å². The van der Waals surface area contributed by atoms with Crippen LogP contribution in [0, 0.1) is 0 Å². The van der Waals surface area contributed by atoms with Crippen LogP contribution in [-0.4, -0.2) is 37.3 Å². The van der Waals surface area contributed by atoms with Gasteiger partial charge in [-0.3, -0.25) is 4.79 Å². The molecule has 0 heterocycles. The van der Waals surface area contributed by atoms with Gasteiger partial charge in [-0.1, -0.05) is 6.92 Å². The Kier molecular flexibility index (Phi) is 8.57. The molecule has 0 aliphatic carbocycles. The highest BCUT2D eigenvalue weighted by Crippen LogP contribution is 1.99. The van der Waals surface area contributed by atoms with Crippen LogP contribution >= 0.6 is 0 Å². The first-order chi connectivity index (χ1) is 6.70. The van der Waals surface area contributed by atoms with Crippen LogP contribution in [0.3, 0.4) is 0 Å². The molecule has 0 saturated carbocycles. The van der Waals surface area contributed by atoms with Gasteiger partial charge >= 0.3 is 5.97 Å². The van der Waals surface area contributed by atoms with Crippen molar-refractivity contribution in [2.24, 2.45) is 0 Å². The quantitative estimate of drug-likeness (QED) is 0.485. The van der Waals surface area contributed by atoms with E-state index in [0.717, 1.165) is 25.8 Å². The second-order valence-corrected chi connectivity index (χ2v) is 3.43. The molecule has 0 saturated heterocycles. The van der Waals surface area contributed by atoms with E-state index < -0.39 is 5.97 Å². The summed E-state index contributed by atoms with van der Waals surface area (Å²) in [5, 5.41) is 14.7. The maximum absolute atomic E-state index is 10.2. The lowest BCUT2D eigenvalue weighted by Crippen LogP contribution is -2.26. The second-order valence-electron chi connectivity index (χ2n) is 3.43. The molecule has 0 fully saturated rings. The number of carboxylic acid groups (broad SMARTS) is 1. The molecule has 0 aliphatic heterocycles. The van der Waals surface area contributed by atoms with E-state index in [-0.39, 0.29) is 6.42 Å². The third-order valence-electron chi connectivity index (χ3n) is 2.32. The molecular weight excluding hydrogens is 180 g/mol. The molecule has 0 amide bonds. The number of nitrogens with one attached hydrogen (secondary N) is 2. The Morgan fingerprint density at radius 3 is 2.64 bits per heavy atom. The van der Waals surface area contributed by atoms with Gasteiger partial charge in [-0.15, -0.1) is 0 Å². The van der Waals surface area contributed by atoms with Crippen molar-refractivity contribution in [3.63, 3.8) is 0 Å². The summed E-state index contributed by atoms with van der Waals surface area (Å²) >= 11 is 0. The van der Waals surface area contributed by atoms with E-state index in [4.69, 9.17) is 5.11 Å². The molecule has 84 valence electrons. The van der Waals surface area contributed by atoms with Crippen LogP contribution < -0.4 is 10.6 Å². The highest BCUT2D eigenvalue weighted by atomic mass is 16.4. The van der Waals surface area contributed by atoms with Crippen molar-refractivity contribution in [1.29, 1.82) is 0 Å². The molecule has 0 aromatic carbocycles. The normalized spacial score (nSPS) is 12.7. The van der Waals surface area contributed by atoms with E-state index >= 15 is 0 Å². The highest BCUT2D eigenvalue weighted by molar-refractivity contribution is 5.66. The van der Waals surface area contributed by atoms with E-state index in [9.17, 15) is 4.79 Å². The molecule has 1 atom stereocenters. The van der Waals surface area contributed by atoms with Crippen LogP contribution in [0.2, 0.25) is 0 Å². The predicted octanol–water partition coefficient (Wildman–Crippen LogP) is 0.829. The minimum absolute atomic E-state index is 0.212. The minimum atomic E-state index is -0.737. The molecule has 0 aromatic heterocycles. The molecule has 3 N–H and O–H groups in total. The molecule has 0 aliphatic rings. The zero-order valence-corrected chi connectivity index (χ0v) is 9.18. The number of carboxylic acids is 1. The Morgan fingerprint density at radius 1 is 1.43 bits per heavy atom. The van der Waals surface area contributed by atoms with Gasteiger partial charge in [0.2, 0.25) is 0 Å². The molecule has 0 aromatic rings. The zero-order valence-electron chi connectivity index (χ0n) is 9.18. The summed E-state index contributed by atoms with van der Waals surface area (Å²) in [7, 11) is 1.98. The van der Waals surface area contributed by atoms with Gasteiger partial charge in [-0.25, -0.2) is 0 Å². The fourth-order valence-corrected chi connectivity index (χ4v) is 1.35. The minimum Gasteiger partial charge on any atom is -0.481 e. The van der Waals surface area contributed by atoms with Crippen LogP contribution in [0.4, 0.5) is 0 Å². The summed E-state index contributed by atoms with van der Waals surface area (Å²) in [4.78, 5) is 10.2. The van der Waals surface area contributed by atoms with E-state index in [1.165, 1.54) is 0 Å². The van der Waals surface area contributed by atoms with Crippen molar-refractivity contribution in [1.82, 2.24) is 10.6 Å². The van der Waals surface area contributed by atoms with Gasteiger partial charge < -0.3 is 15.7 Å². The van der Waals surface area contributed by atoms with Crippen molar-refractivity contribution >= 4 is 5.97 Å². The van der Waals surface area contributed by atoms with Gasteiger partial charge in [0.05, 0.1) is 6.42 Å². The lowest BCUT2D eigenvalue weighted by atomic mass is 10.1. The van der Waals surface area contributed by atoms with Crippen LogP contribution in [0.15, 0.2) is 0 Å². The van der Waals surface area contributed by atoms with Gasteiger partial charge in [0, 0.05) is 12.6 Å². The number of rotatable bonds is 9. The number of carbonyl (C=O) groups is 1. The number of aliphatic carboxylic acids is 1. The van der Waals surface area contributed by atoms with Crippen molar-refractivity contribution in [3.05, 3.63) is 0 Å². The predicted molar refractivity (Wildman–Crippen MR) is 57.5 cm³/mol. The average molecular weight is 202 g/mol. The second kappa shape index (κ2) is 8.97. The van der Waals surface area contributed by atoms with E-state index in [2.05, 4.69) is 17.6 Å². The molecule has 0 radical (unpaired) electrons. The molecular formula is C10H22N2O2. The first-order valence-corrected chi connectivity index (χ1v) is 5.30. The van der Waals surface area contributed by atoms with Crippen LogP contribution in [0.5, 0.6) is 0 Å². The lowest BCUT2D eigenvalue weighted by molar-refractivity contribution is -0.136. The van der Waals surface area contributed by atoms with Crippen molar-refractivity contribution in [2.45, 2.75) is 38.6 Å². The van der Waals surface area contributed by atoms with Crippen LogP contribution in [0.1, 0.15) is 32.6 Å². The summed E-state index contributed by atoms with van der Waals surface area (Å²) in [6, 6.07) is 0.594. The highest BCUT2D eigenvalue weighted by Gasteiger charge is 2.01. The summed E-state index contributed by atoms with van der Waals surface area (Å²) in [6.45, 7) is 3.65. The maximum Gasteiger partial charge on any atom is 0.304 e. The largest absolute Gasteiger partial charge is 0.481 e. The van der Waals surface area contributed by atoms with Gasteiger partial charge in [0.25, 0.3) is 0 Å². The average Bonchev–Trinajstić information content (AvgIpc) is 2.16. The van der Waals surface area contributed by atoms with Gasteiger partial charge in [-0.05, 0) is 32.9 Å². The van der Waals surface area contributed by atoms with Crippen molar-refractivity contribution < 1.29 is 9.90 Å². The third kappa shape index (κ3) is 8.01. The fourth-order valence-electron chi connectivity index (χ4n) is 1.35. The Hall–Kier alpha value is -0.610. The number of hydrogen-bond donors (Lipinski definition) is 3. The van der Waals surface area contributed by atoms with Crippen molar-refractivity contribution in [2.75, 3.05) is 20.1 Å². The third-order valence-corrected chi connectivity index (χ3v) is 2.32. The van der Waals surface area contributed by atoms with E-state index in [1.54, 1.807) is 0 Å². The van der Waals surface area contributed by atoms with Gasteiger partial charge in [0.15, 0.2) is 0 Å². The standard InChI is InChI=1S/C10H22N2O2/c1-3-9(11-2)5-4-7-12-8-6-10(13)14/h9,11-12H,3-8H2,1-2H3,(H,13,14). The lowest BCUT2D eigenvalue weighted by Gasteiger charge is -2.13. The number of hydrogen-bond acceptors (Lipinski definition) is 3. The van der Waals surface area contributed by atoms with Gasteiger partial charge in [0.1, 0.15) is 0 Å². The van der Waals surface area contributed by atoms with Crippen LogP contribution in [0.25, 0.3) is 0 Å². The molecule has 14 heavy (non-hydrogen) atoms. The van der Waals surface area contributed by atoms with Crippen LogP contribution in [-0.2, 0) is 4.79 Å². The Labute approximate surface area is 86.1 Å². The summed E-state index contributed by atoms with van der Waals surface area (Å²) in [6.07, 6.45) is 3.60. The van der Waals surface area contributed by atoms with Crippen molar-refractivity contribution in [3.8, 4) is 0 Å². The van der Waals surface area contributed by atoms with Gasteiger partial charge in [-0.2, -0.15) is 0 Å². The molecule has 4 heteroatoms. The van der Waals surface area contributed by atoms with E-state index in [1.807, 2.05) is 7.05 Å². The summed E-state index contributed by atoms with van der Waals surface area (Å²) < 4.78 is 0. The summed E-state index contributed by atoms with van der Waals surface area (Å²) in [5.74, 6) is -0.737. The first-order valence-electron chi connectivity index (χ1n) is 5.30. The Morgan fingerprint density at radius 2 is 2.14 bits per heavy atom. The molecule has 4 nitrogen and oxygen atoms in total. The fraction of sp³-hybridized carbons (Fsp3) is 0.900. The molecule has 1 unspecified atom stereocenters. The van der Waals surface area contributed by atoms with E-state index in [0.29, 0.717) is 12.6 Å². The zero-order chi connectivity index (χ0) is 10.8. The Bertz CT molecular complexity index is 147. The molecule has 0 rings (SSSR count). The molecule has 0 bridgehead atoms.